The van der Waals surface area contributed by atoms with Crippen molar-refractivity contribution in [2.45, 2.75) is 19.4 Å². The zero-order valence-corrected chi connectivity index (χ0v) is 18.3. The maximum Gasteiger partial charge on any atom is 0.341 e. The predicted molar refractivity (Wildman–Crippen MR) is 122 cm³/mol. The van der Waals surface area contributed by atoms with Gasteiger partial charge in [0.15, 0.2) is 12.7 Å². The fourth-order valence-corrected chi connectivity index (χ4v) is 3.40. The molecular weight excluding hydrogens is 464 g/mol. The molecule has 3 rings (SSSR count). The highest BCUT2D eigenvalue weighted by Crippen LogP contribution is 2.33. The number of carbonyl (C=O) groups excluding carboxylic acids is 1. The van der Waals surface area contributed by atoms with Gasteiger partial charge in [-0.25, -0.2) is 10.2 Å². The van der Waals surface area contributed by atoms with Crippen LogP contribution in [0.15, 0.2) is 70.2 Å². The van der Waals surface area contributed by atoms with Crippen molar-refractivity contribution in [3.8, 4) is 11.5 Å². The summed E-state index contributed by atoms with van der Waals surface area (Å²) in [6, 6.07) is 18.3. The summed E-state index contributed by atoms with van der Waals surface area (Å²) in [6.07, 6.45) is 1.25. The molecule has 0 aliphatic rings. The van der Waals surface area contributed by atoms with Crippen molar-refractivity contribution in [1.82, 2.24) is 5.43 Å². The number of halogens is 1. The molecule has 1 amide bonds. The highest BCUT2D eigenvalue weighted by Gasteiger charge is 2.19. The number of carbonyl (C=O) groups is 2. The van der Waals surface area contributed by atoms with E-state index in [2.05, 4.69) is 26.5 Å². The van der Waals surface area contributed by atoms with Crippen molar-refractivity contribution in [2.24, 2.45) is 5.10 Å². The second-order valence-corrected chi connectivity index (χ2v) is 7.39. The lowest BCUT2D eigenvalue weighted by atomic mass is 10.1. The monoisotopic (exact) mass is 484 g/mol. The fraction of sp³-hybridized carbons (Fsp3) is 0.174. The summed E-state index contributed by atoms with van der Waals surface area (Å²) < 4.78 is 11.8. The number of fused-ring (bicyclic) bond motifs is 1. The molecule has 8 heteroatoms. The molecule has 0 radical (unpaired) electrons. The Kier molecular flexibility index (Phi) is 7.61. The highest BCUT2D eigenvalue weighted by molar-refractivity contribution is 9.10. The Morgan fingerprint density at radius 1 is 1.13 bits per heavy atom. The standard InChI is InChI=1S/C23H21BrN2O5/c1-2-19(31-20-12-9-16-5-3-4-6-18(16)22(20)24)23(29)26-25-13-15-7-10-17(11-8-15)30-14-21(27)28/h3-13,19H,2,14H2,1H3,(H,26,29)(H,27,28)/b25-13+. The lowest BCUT2D eigenvalue weighted by Gasteiger charge is -2.17. The molecule has 0 bridgehead atoms. The number of nitrogens with zero attached hydrogens (tertiary/aromatic N) is 1. The van der Waals surface area contributed by atoms with E-state index in [0.29, 0.717) is 23.5 Å². The molecule has 0 saturated carbocycles. The van der Waals surface area contributed by atoms with Crippen molar-refractivity contribution >= 4 is 44.8 Å². The summed E-state index contributed by atoms with van der Waals surface area (Å²) >= 11 is 3.57. The van der Waals surface area contributed by atoms with Gasteiger partial charge in [-0.05, 0) is 69.0 Å². The molecule has 1 unspecified atom stereocenters. The lowest BCUT2D eigenvalue weighted by molar-refractivity contribution is -0.139. The molecule has 3 aromatic rings. The first-order valence-electron chi connectivity index (χ1n) is 9.59. The SMILES string of the molecule is CCC(Oc1ccc2ccccc2c1Br)C(=O)N/N=C/c1ccc(OCC(=O)O)cc1. The zero-order valence-electron chi connectivity index (χ0n) is 16.7. The van der Waals surface area contributed by atoms with E-state index in [1.165, 1.54) is 6.21 Å². The van der Waals surface area contributed by atoms with Crippen LogP contribution in [0.1, 0.15) is 18.9 Å². The van der Waals surface area contributed by atoms with Crippen LogP contribution in [0, 0.1) is 0 Å². The normalized spacial score (nSPS) is 11.9. The number of amides is 1. The van der Waals surface area contributed by atoms with Crippen LogP contribution in [-0.2, 0) is 9.59 Å². The van der Waals surface area contributed by atoms with E-state index in [1.807, 2.05) is 43.3 Å². The quantitative estimate of drug-likeness (QED) is 0.347. The van der Waals surface area contributed by atoms with Crippen LogP contribution < -0.4 is 14.9 Å². The van der Waals surface area contributed by atoms with Crippen LogP contribution in [0.5, 0.6) is 11.5 Å². The average Bonchev–Trinajstić information content (AvgIpc) is 2.78. The number of ether oxygens (including phenoxy) is 2. The van der Waals surface area contributed by atoms with Gasteiger partial charge in [-0.2, -0.15) is 5.10 Å². The number of aliphatic carboxylic acids is 1. The van der Waals surface area contributed by atoms with Gasteiger partial charge in [0.2, 0.25) is 0 Å². The Balaban J connectivity index is 1.60. The topological polar surface area (TPSA) is 97.2 Å². The highest BCUT2D eigenvalue weighted by atomic mass is 79.9. The summed E-state index contributed by atoms with van der Waals surface area (Å²) in [5.41, 5.74) is 3.21. The van der Waals surface area contributed by atoms with Gasteiger partial charge in [-0.15, -0.1) is 0 Å². The number of nitrogens with one attached hydrogen (secondary N) is 1. The molecule has 0 aromatic heterocycles. The molecule has 3 aromatic carbocycles. The average molecular weight is 485 g/mol. The second-order valence-electron chi connectivity index (χ2n) is 6.60. The van der Waals surface area contributed by atoms with E-state index in [9.17, 15) is 9.59 Å². The molecular formula is C23H21BrN2O5. The van der Waals surface area contributed by atoms with Crippen LogP contribution in [0.3, 0.4) is 0 Å². The van der Waals surface area contributed by atoms with E-state index >= 15 is 0 Å². The van der Waals surface area contributed by atoms with Gasteiger partial charge < -0.3 is 14.6 Å². The number of rotatable bonds is 9. The predicted octanol–water partition coefficient (Wildman–Crippen LogP) is 4.37. The van der Waals surface area contributed by atoms with Crippen LogP contribution >= 0.6 is 15.9 Å². The van der Waals surface area contributed by atoms with Crippen molar-refractivity contribution in [1.29, 1.82) is 0 Å². The van der Waals surface area contributed by atoms with Gasteiger partial charge in [-0.3, -0.25) is 4.79 Å². The molecule has 0 heterocycles. The Hall–Kier alpha value is -3.39. The summed E-state index contributed by atoms with van der Waals surface area (Å²) in [5.74, 6) is -0.386. The molecule has 160 valence electrons. The summed E-state index contributed by atoms with van der Waals surface area (Å²) in [7, 11) is 0. The van der Waals surface area contributed by atoms with E-state index in [-0.39, 0.29) is 5.91 Å². The van der Waals surface area contributed by atoms with Gasteiger partial charge in [0.1, 0.15) is 11.5 Å². The van der Waals surface area contributed by atoms with Crippen molar-refractivity contribution in [3.05, 3.63) is 70.7 Å². The summed E-state index contributed by atoms with van der Waals surface area (Å²) in [6.45, 7) is 1.45. The molecule has 1 atom stereocenters. The Morgan fingerprint density at radius 2 is 1.87 bits per heavy atom. The van der Waals surface area contributed by atoms with Crippen LogP contribution in [-0.4, -0.2) is 35.9 Å². The second kappa shape index (κ2) is 10.6. The largest absolute Gasteiger partial charge is 0.482 e. The number of benzene rings is 3. The Labute approximate surface area is 187 Å². The lowest BCUT2D eigenvalue weighted by Crippen LogP contribution is -2.35. The van der Waals surface area contributed by atoms with Gasteiger partial charge in [-0.1, -0.05) is 37.3 Å². The summed E-state index contributed by atoms with van der Waals surface area (Å²) in [5, 5.41) is 14.7. The number of carboxylic acids is 1. The van der Waals surface area contributed by atoms with Gasteiger partial charge in [0.05, 0.1) is 10.7 Å². The first kappa shape index (κ1) is 22.3. The van der Waals surface area contributed by atoms with E-state index < -0.39 is 18.7 Å². The molecule has 0 spiro atoms. The first-order chi connectivity index (χ1) is 15.0. The van der Waals surface area contributed by atoms with Crippen molar-refractivity contribution in [2.75, 3.05) is 6.61 Å². The molecule has 0 aliphatic carbocycles. The smallest absolute Gasteiger partial charge is 0.341 e. The molecule has 0 saturated heterocycles. The third-order valence-electron chi connectivity index (χ3n) is 4.39. The molecule has 31 heavy (non-hydrogen) atoms. The minimum Gasteiger partial charge on any atom is -0.482 e. The van der Waals surface area contributed by atoms with Crippen LogP contribution in [0.4, 0.5) is 0 Å². The molecule has 0 aliphatic heterocycles. The molecule has 2 N–H and O–H groups in total. The van der Waals surface area contributed by atoms with Crippen molar-refractivity contribution < 1.29 is 24.2 Å². The maximum atomic E-state index is 12.5. The number of hydrazone groups is 1. The fourth-order valence-electron chi connectivity index (χ4n) is 2.82. The van der Waals surface area contributed by atoms with E-state index in [4.69, 9.17) is 14.6 Å². The number of hydrogen-bond donors (Lipinski definition) is 2. The Bertz CT molecular complexity index is 1100. The third-order valence-corrected chi connectivity index (χ3v) is 5.21. The van der Waals surface area contributed by atoms with Crippen LogP contribution in [0.25, 0.3) is 10.8 Å². The first-order valence-corrected chi connectivity index (χ1v) is 10.4. The summed E-state index contributed by atoms with van der Waals surface area (Å²) in [4.78, 5) is 23.0. The molecule has 0 fully saturated rings. The zero-order chi connectivity index (χ0) is 22.2. The molecule has 7 nitrogen and oxygen atoms in total. The Morgan fingerprint density at radius 3 is 2.58 bits per heavy atom. The van der Waals surface area contributed by atoms with Gasteiger partial charge in [0, 0.05) is 0 Å². The van der Waals surface area contributed by atoms with E-state index in [1.54, 1.807) is 24.3 Å². The van der Waals surface area contributed by atoms with Gasteiger partial charge >= 0.3 is 5.97 Å². The van der Waals surface area contributed by atoms with Gasteiger partial charge in [0.25, 0.3) is 5.91 Å². The maximum absolute atomic E-state index is 12.5. The third kappa shape index (κ3) is 6.05. The number of carboxylic acid groups (broad SMARTS) is 1. The van der Waals surface area contributed by atoms with Crippen molar-refractivity contribution in [3.63, 3.8) is 0 Å². The minimum atomic E-state index is -1.04. The minimum absolute atomic E-state index is 0.361. The van der Waals surface area contributed by atoms with E-state index in [0.717, 1.165) is 15.2 Å². The van der Waals surface area contributed by atoms with Crippen LogP contribution in [0.2, 0.25) is 0 Å². The number of hydrogen-bond acceptors (Lipinski definition) is 5.